The van der Waals surface area contributed by atoms with E-state index < -0.39 is 12.1 Å². The van der Waals surface area contributed by atoms with E-state index in [-0.39, 0.29) is 18.5 Å². The van der Waals surface area contributed by atoms with Crippen molar-refractivity contribution < 1.29 is 24.5 Å². The van der Waals surface area contributed by atoms with Crippen LogP contribution in [0.1, 0.15) is 361 Å². The van der Waals surface area contributed by atoms with Crippen LogP contribution < -0.4 is 5.32 Å². The van der Waals surface area contributed by atoms with Gasteiger partial charge in [0.1, 0.15) is 0 Å². The number of aliphatic hydroxyl groups is 2. The van der Waals surface area contributed by atoms with Gasteiger partial charge >= 0.3 is 5.97 Å². The molecule has 2 unspecified atom stereocenters. The first-order valence-electron chi connectivity index (χ1n) is 32.6. The summed E-state index contributed by atoms with van der Waals surface area (Å²) in [5, 5.41) is 23.2. The van der Waals surface area contributed by atoms with Gasteiger partial charge in [0.15, 0.2) is 0 Å². The highest BCUT2D eigenvalue weighted by atomic mass is 16.5. The highest BCUT2D eigenvalue weighted by molar-refractivity contribution is 5.76. The van der Waals surface area contributed by atoms with Crippen molar-refractivity contribution in [2.45, 2.75) is 373 Å². The van der Waals surface area contributed by atoms with Gasteiger partial charge in [-0.1, -0.05) is 314 Å². The Hall–Kier alpha value is -1.66. The van der Waals surface area contributed by atoms with Gasteiger partial charge in [-0.15, -0.1) is 0 Å². The van der Waals surface area contributed by atoms with Gasteiger partial charge < -0.3 is 20.3 Å². The quantitative estimate of drug-likeness (QED) is 0.0320. The number of ether oxygens (including phenoxy) is 1. The SMILES string of the molecule is CCCCCCCCCCCCCCCCCCC/C=C/C(O)C(CO)NC(=O)CCCCCCCCC/C=C\CCCCCCCCCCCCOC(=O)CCCCCCCCCCCCCCCCC. The molecule has 0 saturated carbocycles. The Labute approximate surface area is 450 Å². The van der Waals surface area contributed by atoms with Gasteiger partial charge in [0, 0.05) is 12.8 Å². The molecule has 1 amide bonds. The number of hydrogen-bond acceptors (Lipinski definition) is 5. The second kappa shape index (κ2) is 61.9. The zero-order valence-electron chi connectivity index (χ0n) is 48.7. The van der Waals surface area contributed by atoms with Crippen LogP contribution in [0.4, 0.5) is 0 Å². The van der Waals surface area contributed by atoms with E-state index in [4.69, 9.17) is 4.74 Å². The Morgan fingerprint density at radius 3 is 0.986 bits per heavy atom. The summed E-state index contributed by atoms with van der Waals surface area (Å²) in [5.41, 5.74) is 0. The summed E-state index contributed by atoms with van der Waals surface area (Å²) >= 11 is 0. The van der Waals surface area contributed by atoms with Crippen molar-refractivity contribution in [1.82, 2.24) is 5.32 Å². The van der Waals surface area contributed by atoms with Crippen LogP contribution in [-0.4, -0.2) is 47.4 Å². The summed E-state index contributed by atoms with van der Waals surface area (Å²) in [6.07, 6.45) is 76.5. The third-order valence-corrected chi connectivity index (χ3v) is 15.2. The molecule has 0 radical (unpaired) electrons. The number of allylic oxidation sites excluding steroid dienone is 3. The monoisotopic (exact) mass is 1010 g/mol. The maximum Gasteiger partial charge on any atom is 0.305 e. The van der Waals surface area contributed by atoms with E-state index in [0.717, 1.165) is 44.9 Å². The van der Waals surface area contributed by atoms with Gasteiger partial charge in [0.05, 0.1) is 25.4 Å². The molecule has 0 fully saturated rings. The molecule has 0 spiro atoms. The van der Waals surface area contributed by atoms with Crippen molar-refractivity contribution in [3.63, 3.8) is 0 Å². The zero-order valence-corrected chi connectivity index (χ0v) is 48.7. The molecule has 6 heteroatoms. The molecule has 0 aliphatic rings. The summed E-state index contributed by atoms with van der Waals surface area (Å²) in [5.74, 6) is -0.0616. The highest BCUT2D eigenvalue weighted by Crippen LogP contribution is 2.18. The molecule has 0 aromatic heterocycles. The van der Waals surface area contributed by atoms with Crippen molar-refractivity contribution >= 4 is 11.9 Å². The minimum Gasteiger partial charge on any atom is -0.466 e. The van der Waals surface area contributed by atoms with Gasteiger partial charge in [-0.05, 0) is 57.8 Å². The molecule has 426 valence electrons. The van der Waals surface area contributed by atoms with E-state index >= 15 is 0 Å². The fraction of sp³-hybridized carbons (Fsp3) is 0.909. The maximum atomic E-state index is 12.5. The Balaban J connectivity index is 3.44. The fourth-order valence-electron chi connectivity index (χ4n) is 10.2. The first-order valence-corrected chi connectivity index (χ1v) is 32.6. The Morgan fingerprint density at radius 2 is 0.653 bits per heavy atom. The summed E-state index contributed by atoms with van der Waals surface area (Å²) in [6.45, 7) is 4.93. The molecule has 0 aromatic rings. The van der Waals surface area contributed by atoms with Crippen molar-refractivity contribution in [3.05, 3.63) is 24.3 Å². The molecule has 0 bridgehead atoms. The summed E-state index contributed by atoms with van der Waals surface area (Å²) in [4.78, 5) is 24.6. The molecule has 0 rings (SSSR count). The van der Waals surface area contributed by atoms with Crippen LogP contribution in [0.5, 0.6) is 0 Å². The first-order chi connectivity index (χ1) is 35.5. The number of carbonyl (C=O) groups excluding carboxylic acids is 2. The van der Waals surface area contributed by atoms with Crippen LogP contribution in [0.3, 0.4) is 0 Å². The fourth-order valence-corrected chi connectivity index (χ4v) is 10.2. The minimum atomic E-state index is -0.850. The second-order valence-corrected chi connectivity index (χ2v) is 22.5. The third-order valence-electron chi connectivity index (χ3n) is 15.2. The lowest BCUT2D eigenvalue weighted by Gasteiger charge is -2.20. The van der Waals surface area contributed by atoms with E-state index in [1.54, 1.807) is 6.08 Å². The Bertz CT molecular complexity index is 1120. The van der Waals surface area contributed by atoms with Gasteiger partial charge in [-0.2, -0.15) is 0 Å². The molecule has 72 heavy (non-hydrogen) atoms. The predicted octanol–water partition coefficient (Wildman–Crippen LogP) is 20.6. The van der Waals surface area contributed by atoms with Crippen molar-refractivity contribution in [1.29, 1.82) is 0 Å². The van der Waals surface area contributed by atoms with Gasteiger partial charge in [-0.25, -0.2) is 0 Å². The van der Waals surface area contributed by atoms with Crippen molar-refractivity contribution in [2.24, 2.45) is 0 Å². The van der Waals surface area contributed by atoms with E-state index in [1.807, 2.05) is 6.08 Å². The highest BCUT2D eigenvalue weighted by Gasteiger charge is 2.18. The van der Waals surface area contributed by atoms with E-state index in [9.17, 15) is 19.8 Å². The van der Waals surface area contributed by atoms with E-state index in [1.165, 1.54) is 289 Å². The first kappa shape index (κ1) is 70.3. The van der Waals surface area contributed by atoms with Crippen LogP contribution in [0.25, 0.3) is 0 Å². The number of hydrogen-bond donors (Lipinski definition) is 3. The molecule has 0 saturated heterocycles. The molecular formula is C66H127NO5. The molecular weight excluding hydrogens is 887 g/mol. The van der Waals surface area contributed by atoms with Gasteiger partial charge in [-0.3, -0.25) is 9.59 Å². The number of carbonyl (C=O) groups is 2. The van der Waals surface area contributed by atoms with Gasteiger partial charge in [0.25, 0.3) is 0 Å². The number of rotatable bonds is 61. The number of aliphatic hydroxyl groups excluding tert-OH is 2. The lowest BCUT2D eigenvalue weighted by molar-refractivity contribution is -0.143. The molecule has 3 N–H and O–H groups in total. The molecule has 0 heterocycles. The zero-order chi connectivity index (χ0) is 52.2. The summed E-state index contributed by atoms with van der Waals surface area (Å²) < 4.78 is 5.49. The average Bonchev–Trinajstić information content (AvgIpc) is 3.38. The van der Waals surface area contributed by atoms with E-state index in [0.29, 0.717) is 19.4 Å². The molecule has 0 aliphatic heterocycles. The topological polar surface area (TPSA) is 95.9 Å². The molecule has 0 aliphatic carbocycles. The van der Waals surface area contributed by atoms with Crippen LogP contribution in [0, 0.1) is 0 Å². The van der Waals surface area contributed by atoms with E-state index in [2.05, 4.69) is 31.3 Å². The Morgan fingerprint density at radius 1 is 0.375 bits per heavy atom. The number of esters is 1. The van der Waals surface area contributed by atoms with Crippen molar-refractivity contribution in [3.8, 4) is 0 Å². The number of nitrogens with one attached hydrogen (secondary N) is 1. The minimum absolute atomic E-state index is 0.0111. The summed E-state index contributed by atoms with van der Waals surface area (Å²) in [6, 6.07) is -0.634. The lowest BCUT2D eigenvalue weighted by atomic mass is 10.0. The molecule has 2 atom stereocenters. The van der Waals surface area contributed by atoms with Crippen LogP contribution in [-0.2, 0) is 14.3 Å². The standard InChI is InChI=1S/C66H127NO5/c1-3-5-7-9-11-13-15-17-19-20-24-27-31-34-38-42-46-50-54-58-64(69)63(62-68)67-65(70)59-55-51-47-43-39-35-32-28-25-22-21-23-26-29-33-37-41-45-49-53-57-61-72-66(71)60-56-52-48-44-40-36-30-18-16-14-12-10-8-6-4-2/h22,25,54,58,63-64,68-69H,3-21,23-24,26-53,55-57,59-62H2,1-2H3,(H,67,70)/b25-22-,58-54+. The third kappa shape index (κ3) is 57.6. The second-order valence-electron chi connectivity index (χ2n) is 22.5. The molecule has 0 aromatic carbocycles. The number of amides is 1. The van der Waals surface area contributed by atoms with Crippen molar-refractivity contribution in [2.75, 3.05) is 13.2 Å². The van der Waals surface area contributed by atoms with Gasteiger partial charge in [0.2, 0.25) is 5.91 Å². The maximum absolute atomic E-state index is 12.5. The normalized spacial score (nSPS) is 12.7. The summed E-state index contributed by atoms with van der Waals surface area (Å²) in [7, 11) is 0. The Kier molecular flexibility index (Phi) is 60.5. The smallest absolute Gasteiger partial charge is 0.305 e. The largest absolute Gasteiger partial charge is 0.466 e. The van der Waals surface area contributed by atoms with Crippen LogP contribution in [0.15, 0.2) is 24.3 Å². The average molecular weight is 1010 g/mol. The number of unbranched alkanes of at least 4 members (excludes halogenated alkanes) is 48. The lowest BCUT2D eigenvalue weighted by Crippen LogP contribution is -2.45. The molecule has 6 nitrogen and oxygen atoms in total. The predicted molar refractivity (Wildman–Crippen MR) is 315 cm³/mol. The van der Waals surface area contributed by atoms with Crippen LogP contribution in [0.2, 0.25) is 0 Å². The van der Waals surface area contributed by atoms with Crippen LogP contribution >= 0.6 is 0 Å².